The van der Waals surface area contributed by atoms with E-state index in [1.165, 1.54) is 18.3 Å². The average molecular weight is 378 g/mol. The lowest BCUT2D eigenvalue weighted by atomic mass is 10.2. The van der Waals surface area contributed by atoms with Crippen molar-refractivity contribution in [1.29, 1.82) is 0 Å². The number of nitrogens with zero attached hydrogens (tertiary/aromatic N) is 1. The lowest BCUT2D eigenvalue weighted by molar-refractivity contribution is 0.584. The van der Waals surface area contributed by atoms with Crippen LogP contribution in [0.5, 0.6) is 0 Å². The van der Waals surface area contributed by atoms with E-state index >= 15 is 0 Å². The maximum Gasteiger partial charge on any atom is 0.276 e. The maximum absolute atomic E-state index is 12.1. The normalized spacial score (nSPS) is 12.0. The van der Waals surface area contributed by atoms with Gasteiger partial charge in [0.05, 0.1) is 11.1 Å². The smallest absolute Gasteiger partial charge is 0.276 e. The molecule has 0 unspecified atom stereocenters. The van der Waals surface area contributed by atoms with Crippen molar-refractivity contribution in [3.05, 3.63) is 64.8 Å². The molecule has 0 aliphatic heterocycles. The minimum atomic E-state index is -3.66. The quantitative estimate of drug-likeness (QED) is 0.540. The number of nitrogens with one attached hydrogen (secondary N) is 2. The highest BCUT2D eigenvalue weighted by Crippen LogP contribution is 2.16. The van der Waals surface area contributed by atoms with Crippen LogP contribution in [-0.2, 0) is 10.0 Å². The summed E-state index contributed by atoms with van der Waals surface area (Å²) in [4.78, 5) is 5.47. The van der Waals surface area contributed by atoms with Crippen molar-refractivity contribution in [1.82, 2.24) is 9.82 Å². The summed E-state index contributed by atoms with van der Waals surface area (Å²) >= 11 is 3.27. The van der Waals surface area contributed by atoms with Crippen LogP contribution in [0.1, 0.15) is 5.56 Å². The largest absolute Gasteiger partial charge is 0.361 e. The van der Waals surface area contributed by atoms with Gasteiger partial charge in [0, 0.05) is 27.1 Å². The number of aromatic nitrogens is 1. The van der Waals surface area contributed by atoms with Crippen LogP contribution in [0.25, 0.3) is 10.9 Å². The van der Waals surface area contributed by atoms with E-state index in [0.29, 0.717) is 0 Å². The molecule has 22 heavy (non-hydrogen) atoms. The summed E-state index contributed by atoms with van der Waals surface area (Å²) in [6, 6.07) is 14.1. The van der Waals surface area contributed by atoms with E-state index in [9.17, 15) is 8.42 Å². The molecule has 3 rings (SSSR count). The van der Waals surface area contributed by atoms with E-state index in [2.05, 4.69) is 30.8 Å². The summed E-state index contributed by atoms with van der Waals surface area (Å²) in [6.07, 6.45) is 3.26. The van der Waals surface area contributed by atoms with Crippen molar-refractivity contribution in [3.63, 3.8) is 0 Å². The van der Waals surface area contributed by atoms with Crippen LogP contribution < -0.4 is 4.83 Å². The number of rotatable bonds is 4. The molecule has 0 saturated carbocycles. The predicted molar refractivity (Wildman–Crippen MR) is 90.4 cm³/mol. The molecule has 1 heterocycles. The Morgan fingerprint density at radius 3 is 2.59 bits per heavy atom. The summed E-state index contributed by atoms with van der Waals surface area (Å²) in [6.45, 7) is 0. The van der Waals surface area contributed by atoms with E-state index in [0.717, 1.165) is 20.9 Å². The first-order chi connectivity index (χ1) is 10.6. The lowest BCUT2D eigenvalue weighted by Gasteiger charge is -2.02. The Morgan fingerprint density at radius 1 is 1.09 bits per heavy atom. The molecular weight excluding hydrogens is 366 g/mol. The van der Waals surface area contributed by atoms with Crippen LogP contribution in [0.4, 0.5) is 0 Å². The van der Waals surface area contributed by atoms with Gasteiger partial charge in [-0.1, -0.05) is 34.1 Å². The van der Waals surface area contributed by atoms with Gasteiger partial charge < -0.3 is 4.98 Å². The van der Waals surface area contributed by atoms with Gasteiger partial charge in [-0.25, -0.2) is 4.83 Å². The molecule has 1 aromatic heterocycles. The number of H-pyrrole nitrogens is 1. The molecule has 0 atom stereocenters. The monoisotopic (exact) mass is 377 g/mol. The standard InChI is InChI=1S/C15H12BrN3O2S/c16-12-5-7-13(8-6-12)22(20,21)19-18-10-11-9-17-15-4-2-1-3-14(11)15/h1-10,17,19H/b18-10+. The third-order valence-corrected chi connectivity index (χ3v) is 4.89. The summed E-state index contributed by atoms with van der Waals surface area (Å²) in [5.74, 6) is 0. The predicted octanol–water partition coefficient (Wildman–Crippen LogP) is 3.24. The van der Waals surface area contributed by atoms with Crippen molar-refractivity contribution < 1.29 is 8.42 Å². The molecule has 0 radical (unpaired) electrons. The number of aromatic amines is 1. The van der Waals surface area contributed by atoms with Crippen LogP contribution in [0, 0.1) is 0 Å². The zero-order chi connectivity index (χ0) is 15.6. The van der Waals surface area contributed by atoms with E-state index < -0.39 is 10.0 Å². The number of hydrogen-bond donors (Lipinski definition) is 2. The molecule has 0 bridgehead atoms. The molecule has 0 spiro atoms. The maximum atomic E-state index is 12.1. The third kappa shape index (κ3) is 3.05. The topological polar surface area (TPSA) is 74.3 Å². The zero-order valence-electron chi connectivity index (χ0n) is 11.3. The van der Waals surface area contributed by atoms with Gasteiger partial charge in [-0.2, -0.15) is 13.5 Å². The lowest BCUT2D eigenvalue weighted by Crippen LogP contribution is -2.18. The summed E-state index contributed by atoms with van der Waals surface area (Å²) in [5, 5.41) is 4.82. The van der Waals surface area contributed by atoms with E-state index in [-0.39, 0.29) is 4.90 Å². The number of halogens is 1. The third-order valence-electron chi connectivity index (χ3n) is 3.12. The van der Waals surface area contributed by atoms with Crippen LogP contribution in [0.15, 0.2) is 69.2 Å². The van der Waals surface area contributed by atoms with Crippen molar-refractivity contribution >= 4 is 43.1 Å². The highest BCUT2D eigenvalue weighted by atomic mass is 79.9. The van der Waals surface area contributed by atoms with Gasteiger partial charge >= 0.3 is 0 Å². The van der Waals surface area contributed by atoms with Crippen molar-refractivity contribution in [2.45, 2.75) is 4.90 Å². The van der Waals surface area contributed by atoms with E-state index in [1.54, 1.807) is 18.3 Å². The van der Waals surface area contributed by atoms with Gasteiger partial charge in [0.25, 0.3) is 10.0 Å². The first-order valence-corrected chi connectivity index (χ1v) is 8.70. The molecule has 0 fully saturated rings. The Labute approximate surface area is 136 Å². The van der Waals surface area contributed by atoms with Crippen molar-refractivity contribution in [3.8, 4) is 0 Å². The van der Waals surface area contributed by atoms with Gasteiger partial charge in [0.1, 0.15) is 0 Å². The van der Waals surface area contributed by atoms with Crippen molar-refractivity contribution in [2.24, 2.45) is 5.10 Å². The second kappa shape index (κ2) is 5.94. The molecule has 5 nitrogen and oxygen atoms in total. The summed E-state index contributed by atoms with van der Waals surface area (Å²) in [7, 11) is -3.66. The van der Waals surface area contributed by atoms with Crippen LogP contribution in [0.3, 0.4) is 0 Å². The number of benzene rings is 2. The molecule has 0 aliphatic carbocycles. The molecule has 2 aromatic carbocycles. The molecule has 2 N–H and O–H groups in total. The number of hydrogen-bond acceptors (Lipinski definition) is 3. The Bertz CT molecular complexity index is 931. The fraction of sp³-hybridized carbons (Fsp3) is 0. The number of hydrazone groups is 1. The minimum Gasteiger partial charge on any atom is -0.361 e. The summed E-state index contributed by atoms with van der Waals surface area (Å²) < 4.78 is 25.0. The van der Waals surface area contributed by atoms with Crippen LogP contribution >= 0.6 is 15.9 Å². The van der Waals surface area contributed by atoms with Gasteiger partial charge in [0.2, 0.25) is 0 Å². The molecular formula is C15H12BrN3O2S. The minimum absolute atomic E-state index is 0.159. The van der Waals surface area contributed by atoms with E-state index in [4.69, 9.17) is 0 Å². The molecule has 3 aromatic rings. The number of sulfonamides is 1. The molecule has 0 aliphatic rings. The highest BCUT2D eigenvalue weighted by molar-refractivity contribution is 9.10. The highest BCUT2D eigenvalue weighted by Gasteiger charge is 2.12. The van der Waals surface area contributed by atoms with Gasteiger partial charge in [-0.3, -0.25) is 0 Å². The Hall–Kier alpha value is -2.12. The SMILES string of the molecule is O=S(=O)(N/N=C/c1c[nH]c2ccccc12)c1ccc(Br)cc1. The first kappa shape index (κ1) is 14.8. The zero-order valence-corrected chi connectivity index (χ0v) is 13.7. The number of para-hydroxylation sites is 1. The number of fused-ring (bicyclic) bond motifs is 1. The van der Waals surface area contributed by atoms with Gasteiger partial charge in [0.15, 0.2) is 0 Å². The van der Waals surface area contributed by atoms with Crippen LogP contribution in [-0.4, -0.2) is 19.6 Å². The fourth-order valence-electron chi connectivity index (χ4n) is 2.03. The Kier molecular flexibility index (Phi) is 4.00. The first-order valence-electron chi connectivity index (χ1n) is 6.43. The van der Waals surface area contributed by atoms with Gasteiger partial charge in [-0.15, -0.1) is 0 Å². The molecule has 0 amide bonds. The summed E-state index contributed by atoms with van der Waals surface area (Å²) in [5.41, 5.74) is 1.79. The molecule has 7 heteroatoms. The van der Waals surface area contributed by atoms with Gasteiger partial charge in [-0.05, 0) is 30.3 Å². The van der Waals surface area contributed by atoms with Crippen LogP contribution in [0.2, 0.25) is 0 Å². The Balaban J connectivity index is 1.80. The van der Waals surface area contributed by atoms with E-state index in [1.807, 2.05) is 24.3 Å². The molecule has 112 valence electrons. The Morgan fingerprint density at radius 2 is 1.82 bits per heavy atom. The second-order valence-corrected chi connectivity index (χ2v) is 7.17. The molecule has 0 saturated heterocycles. The fourth-order valence-corrected chi connectivity index (χ4v) is 3.09. The van der Waals surface area contributed by atoms with Crippen molar-refractivity contribution in [2.75, 3.05) is 0 Å². The second-order valence-electron chi connectivity index (χ2n) is 4.60. The average Bonchev–Trinajstić information content (AvgIpc) is 2.91.